The summed E-state index contributed by atoms with van der Waals surface area (Å²) in [6.45, 7) is 2.38. The van der Waals surface area contributed by atoms with Crippen molar-refractivity contribution in [3.63, 3.8) is 0 Å². The van der Waals surface area contributed by atoms with E-state index < -0.39 is 0 Å². The average Bonchev–Trinajstić information content (AvgIpc) is 3.54. The van der Waals surface area contributed by atoms with Gasteiger partial charge in [0.2, 0.25) is 0 Å². The van der Waals surface area contributed by atoms with Gasteiger partial charge in [-0.15, -0.1) is 11.3 Å². The first-order valence-corrected chi connectivity index (χ1v) is 15.6. The first-order chi connectivity index (χ1) is 19.0. The summed E-state index contributed by atoms with van der Waals surface area (Å²) in [7, 11) is 0. The number of carbonyl (C=O) groups excluding carboxylic acids is 2. The molecule has 0 aliphatic heterocycles. The lowest BCUT2D eigenvalue weighted by Gasteiger charge is -2.56. The molecule has 0 spiro atoms. The van der Waals surface area contributed by atoms with E-state index in [2.05, 4.69) is 5.32 Å². The number of nitrogens with zero attached hydrogens (tertiary/aromatic N) is 2. The second kappa shape index (κ2) is 9.92. The first kappa shape index (κ1) is 25.1. The smallest absolute Gasteiger partial charge is 0.341 e. The summed E-state index contributed by atoms with van der Waals surface area (Å²) in [6, 6.07) is 10.1. The molecule has 0 saturated heterocycles. The summed E-state index contributed by atoms with van der Waals surface area (Å²) in [6.07, 6.45) is 14.1. The summed E-state index contributed by atoms with van der Waals surface area (Å²) in [5.41, 5.74) is 4.18. The number of carbonyl (C=O) groups is 2. The molecule has 5 aliphatic rings. The van der Waals surface area contributed by atoms with Crippen LogP contribution in [0.2, 0.25) is 0 Å². The van der Waals surface area contributed by atoms with E-state index in [1.807, 2.05) is 48.1 Å². The fraction of sp³-hybridized carbons (Fsp3) is 0.531. The van der Waals surface area contributed by atoms with Crippen LogP contribution >= 0.6 is 11.3 Å². The van der Waals surface area contributed by atoms with Crippen LogP contribution in [-0.4, -0.2) is 28.3 Å². The molecule has 4 saturated carbocycles. The third kappa shape index (κ3) is 4.43. The van der Waals surface area contributed by atoms with Crippen LogP contribution in [-0.2, 0) is 23.0 Å². The van der Waals surface area contributed by atoms with Crippen LogP contribution in [0.4, 0.5) is 5.00 Å². The molecule has 8 rings (SSSR count). The fourth-order valence-corrected chi connectivity index (χ4v) is 9.63. The van der Waals surface area contributed by atoms with Gasteiger partial charge < -0.3 is 10.1 Å². The largest absolute Gasteiger partial charge is 0.462 e. The Balaban J connectivity index is 1.28. The van der Waals surface area contributed by atoms with Gasteiger partial charge >= 0.3 is 5.97 Å². The zero-order valence-corrected chi connectivity index (χ0v) is 23.5. The minimum Gasteiger partial charge on any atom is -0.462 e. The molecule has 5 aliphatic carbocycles. The second-order valence-corrected chi connectivity index (χ2v) is 13.5. The molecular weight excluding hydrogens is 506 g/mol. The van der Waals surface area contributed by atoms with Gasteiger partial charge in [-0.05, 0) is 106 Å². The first-order valence-electron chi connectivity index (χ1n) is 14.8. The number of nitrogens with one attached hydrogen (secondary N) is 1. The van der Waals surface area contributed by atoms with E-state index in [9.17, 15) is 9.59 Å². The number of para-hydroxylation sites is 1. The fourth-order valence-electron chi connectivity index (χ4n) is 8.35. The summed E-state index contributed by atoms with van der Waals surface area (Å²) < 4.78 is 7.47. The van der Waals surface area contributed by atoms with Crippen LogP contribution in [0.3, 0.4) is 0 Å². The SMILES string of the molecule is CCCOC(=O)c1c(NC(=O)c2cn(-c3ccccc3)nc2C23CC4CC(CC(C4)C2)C3)sc2c1CCCC2. The third-order valence-electron chi connectivity index (χ3n) is 9.56. The third-order valence-corrected chi connectivity index (χ3v) is 10.8. The van der Waals surface area contributed by atoms with Crippen LogP contribution in [0.5, 0.6) is 0 Å². The lowest BCUT2D eigenvalue weighted by molar-refractivity contribution is -0.00765. The zero-order chi connectivity index (χ0) is 26.6. The molecule has 2 aromatic heterocycles. The van der Waals surface area contributed by atoms with E-state index in [1.54, 1.807) is 11.3 Å². The van der Waals surface area contributed by atoms with Crippen molar-refractivity contribution in [3.05, 3.63) is 63.8 Å². The molecule has 1 aromatic carbocycles. The minimum absolute atomic E-state index is 0.0287. The molecule has 0 radical (unpaired) electrons. The summed E-state index contributed by atoms with van der Waals surface area (Å²) >= 11 is 1.56. The van der Waals surface area contributed by atoms with Crippen molar-refractivity contribution in [1.82, 2.24) is 9.78 Å². The van der Waals surface area contributed by atoms with Gasteiger partial charge in [0.05, 0.1) is 29.1 Å². The molecule has 7 heteroatoms. The van der Waals surface area contributed by atoms with E-state index in [1.165, 1.54) is 24.1 Å². The summed E-state index contributed by atoms with van der Waals surface area (Å²) in [4.78, 5) is 28.6. The van der Waals surface area contributed by atoms with Gasteiger partial charge in [-0.2, -0.15) is 5.10 Å². The Morgan fingerprint density at radius 2 is 1.74 bits per heavy atom. The highest BCUT2D eigenvalue weighted by Crippen LogP contribution is 2.61. The van der Waals surface area contributed by atoms with Crippen LogP contribution in [0.15, 0.2) is 36.5 Å². The minimum atomic E-state index is -0.312. The van der Waals surface area contributed by atoms with Crippen molar-refractivity contribution in [3.8, 4) is 5.69 Å². The quantitative estimate of drug-likeness (QED) is 0.323. The van der Waals surface area contributed by atoms with Gasteiger partial charge in [-0.3, -0.25) is 4.79 Å². The Labute approximate surface area is 234 Å². The van der Waals surface area contributed by atoms with Crippen LogP contribution in [0.1, 0.15) is 102 Å². The van der Waals surface area contributed by atoms with Crippen molar-refractivity contribution in [2.24, 2.45) is 17.8 Å². The Morgan fingerprint density at radius 3 is 2.44 bits per heavy atom. The number of esters is 1. The number of rotatable bonds is 7. The van der Waals surface area contributed by atoms with Gasteiger partial charge in [-0.25, -0.2) is 9.48 Å². The van der Waals surface area contributed by atoms with Crippen LogP contribution in [0, 0.1) is 17.8 Å². The molecule has 0 atom stereocenters. The molecule has 4 fully saturated rings. The maximum absolute atomic E-state index is 14.2. The molecule has 2 heterocycles. The molecule has 1 amide bonds. The number of anilines is 1. The summed E-state index contributed by atoms with van der Waals surface area (Å²) in [5, 5.41) is 9.00. The predicted octanol–water partition coefficient (Wildman–Crippen LogP) is 7.10. The van der Waals surface area contributed by atoms with Crippen molar-refractivity contribution >= 4 is 28.2 Å². The van der Waals surface area contributed by atoms with Crippen molar-refractivity contribution < 1.29 is 14.3 Å². The number of fused-ring (bicyclic) bond motifs is 1. The molecule has 39 heavy (non-hydrogen) atoms. The number of hydrogen-bond donors (Lipinski definition) is 1. The predicted molar refractivity (Wildman–Crippen MR) is 153 cm³/mol. The molecule has 204 valence electrons. The average molecular weight is 544 g/mol. The highest BCUT2D eigenvalue weighted by Gasteiger charge is 2.54. The van der Waals surface area contributed by atoms with E-state index in [0.29, 0.717) is 22.7 Å². The number of hydrogen-bond acceptors (Lipinski definition) is 5. The zero-order valence-electron chi connectivity index (χ0n) is 22.7. The number of ether oxygens (including phenoxy) is 1. The molecule has 3 aromatic rings. The van der Waals surface area contributed by atoms with Crippen molar-refractivity contribution in [1.29, 1.82) is 0 Å². The number of aromatic nitrogens is 2. The van der Waals surface area contributed by atoms with Crippen LogP contribution in [0.25, 0.3) is 5.69 Å². The Morgan fingerprint density at radius 1 is 1.05 bits per heavy atom. The molecule has 0 unspecified atom stereocenters. The van der Waals surface area contributed by atoms with Gasteiger partial charge in [0.25, 0.3) is 5.91 Å². The van der Waals surface area contributed by atoms with E-state index >= 15 is 0 Å². The highest BCUT2D eigenvalue weighted by atomic mass is 32.1. The standard InChI is InChI=1S/C32H37N3O3S/c1-2-12-38-31(37)27-24-10-6-7-11-26(24)39-30(27)33-29(36)25-19-35(23-8-4-3-5-9-23)34-28(25)32-16-20-13-21(17-32)15-22(14-20)18-32/h3-5,8-9,19-22H,2,6-7,10-18H2,1H3,(H,33,36). The van der Waals surface area contributed by atoms with Gasteiger partial charge in [0, 0.05) is 16.5 Å². The summed E-state index contributed by atoms with van der Waals surface area (Å²) in [5.74, 6) is 1.77. The number of benzene rings is 1. The van der Waals surface area contributed by atoms with Crippen LogP contribution < -0.4 is 5.32 Å². The number of thiophene rings is 1. The topological polar surface area (TPSA) is 73.2 Å². The van der Waals surface area contributed by atoms with Gasteiger partial charge in [-0.1, -0.05) is 25.1 Å². The maximum Gasteiger partial charge on any atom is 0.341 e. The van der Waals surface area contributed by atoms with Gasteiger partial charge in [0.15, 0.2) is 0 Å². The monoisotopic (exact) mass is 543 g/mol. The molecule has 1 N–H and O–H groups in total. The lowest BCUT2D eigenvalue weighted by atomic mass is 9.48. The number of amides is 1. The highest BCUT2D eigenvalue weighted by molar-refractivity contribution is 7.17. The Hall–Kier alpha value is -2.93. The Kier molecular flexibility index (Phi) is 6.37. The Bertz CT molecular complexity index is 1370. The molecule has 6 nitrogen and oxygen atoms in total. The lowest BCUT2D eigenvalue weighted by Crippen LogP contribution is -2.49. The number of aryl methyl sites for hydroxylation is 1. The normalized spacial score (nSPS) is 26.8. The van der Waals surface area contributed by atoms with E-state index in [-0.39, 0.29) is 17.3 Å². The van der Waals surface area contributed by atoms with Crippen molar-refractivity contribution in [2.45, 2.75) is 83.0 Å². The molecular formula is C32H37N3O3S. The van der Waals surface area contributed by atoms with Crippen molar-refractivity contribution in [2.75, 3.05) is 11.9 Å². The van der Waals surface area contributed by atoms with Gasteiger partial charge in [0.1, 0.15) is 5.00 Å². The van der Waals surface area contributed by atoms with E-state index in [0.717, 1.165) is 86.1 Å². The van der Waals surface area contributed by atoms with E-state index in [4.69, 9.17) is 9.84 Å². The second-order valence-electron chi connectivity index (χ2n) is 12.4. The maximum atomic E-state index is 14.2. The molecule has 4 bridgehead atoms.